The zero-order chi connectivity index (χ0) is 14.8. The van der Waals surface area contributed by atoms with Gasteiger partial charge >= 0.3 is 0 Å². The van der Waals surface area contributed by atoms with Crippen molar-refractivity contribution in [2.75, 3.05) is 0 Å². The van der Waals surface area contributed by atoms with Gasteiger partial charge in [-0.1, -0.05) is 30.3 Å². The van der Waals surface area contributed by atoms with Gasteiger partial charge in [-0.3, -0.25) is 9.50 Å². The van der Waals surface area contributed by atoms with Crippen LogP contribution in [0.25, 0.3) is 22.1 Å². The second-order valence-corrected chi connectivity index (χ2v) is 5.17. The number of hydrogen-bond acceptors (Lipinski definition) is 3. The molecule has 3 nitrogen and oxygen atoms in total. The van der Waals surface area contributed by atoms with Gasteiger partial charge < -0.3 is 9.15 Å². The van der Waals surface area contributed by atoms with Crippen molar-refractivity contribution in [3.05, 3.63) is 65.0 Å². The Morgan fingerprint density at radius 2 is 1.77 bits per heavy atom. The first-order chi connectivity index (χ1) is 10.1. The Kier molecular flexibility index (Phi) is 4.61. The van der Waals surface area contributed by atoms with Crippen molar-refractivity contribution in [2.24, 2.45) is 0 Å². The van der Waals surface area contributed by atoms with Gasteiger partial charge in [0.05, 0.1) is 17.1 Å². The molecule has 0 saturated carbocycles. The van der Waals surface area contributed by atoms with E-state index in [1.54, 1.807) is 18.2 Å². The van der Waals surface area contributed by atoms with E-state index in [0.29, 0.717) is 22.3 Å². The molecular formula is C18H17FO3. The van der Waals surface area contributed by atoms with E-state index in [1.807, 2.05) is 44.2 Å². The summed E-state index contributed by atoms with van der Waals surface area (Å²) in [5.74, 6) is 0.702. The molecule has 0 spiro atoms. The minimum Gasteiger partial charge on any atom is -0.491 e. The van der Waals surface area contributed by atoms with Gasteiger partial charge in [0.2, 0.25) is 0 Å². The van der Waals surface area contributed by atoms with Crippen molar-refractivity contribution < 1.29 is 13.9 Å². The molecule has 0 fully saturated rings. The lowest BCUT2D eigenvalue weighted by atomic mass is 10.1. The summed E-state index contributed by atoms with van der Waals surface area (Å²) in [6, 6.07) is 14.8. The van der Waals surface area contributed by atoms with Crippen LogP contribution in [0.2, 0.25) is 0 Å². The van der Waals surface area contributed by atoms with E-state index in [0.717, 1.165) is 5.56 Å². The van der Waals surface area contributed by atoms with Crippen LogP contribution in [-0.4, -0.2) is 6.10 Å². The largest absolute Gasteiger partial charge is 0.491 e. The first kappa shape index (κ1) is 15.8. The third kappa shape index (κ3) is 3.01. The van der Waals surface area contributed by atoms with Crippen LogP contribution in [0.4, 0.5) is 4.70 Å². The Balaban J connectivity index is 0.00000176. The lowest BCUT2D eigenvalue weighted by Crippen LogP contribution is -2.07. The summed E-state index contributed by atoms with van der Waals surface area (Å²) >= 11 is 0. The monoisotopic (exact) mass is 300 g/mol. The lowest BCUT2D eigenvalue weighted by Gasteiger charge is -2.10. The zero-order valence-corrected chi connectivity index (χ0v) is 12.4. The third-order valence-electron chi connectivity index (χ3n) is 3.20. The van der Waals surface area contributed by atoms with Gasteiger partial charge in [-0.2, -0.15) is 0 Å². The number of halogens is 1. The summed E-state index contributed by atoms with van der Waals surface area (Å²) < 4.78 is 11.2. The molecule has 2 aromatic carbocycles. The molecule has 0 aliphatic carbocycles. The molecule has 22 heavy (non-hydrogen) atoms. The van der Waals surface area contributed by atoms with Gasteiger partial charge in [-0.25, -0.2) is 0 Å². The molecule has 4 heteroatoms. The maximum atomic E-state index is 12.6. The van der Waals surface area contributed by atoms with Crippen LogP contribution in [-0.2, 0) is 0 Å². The number of hydrogen-bond donors (Lipinski definition) is 0. The number of fused-ring (bicyclic) bond motifs is 1. The Bertz CT molecular complexity index is 823. The maximum absolute atomic E-state index is 12.6. The zero-order valence-electron chi connectivity index (χ0n) is 12.4. The molecule has 0 aliphatic heterocycles. The molecule has 0 radical (unpaired) electrons. The SMILES string of the molecule is CC(C)Oc1ccc2c(=O)c(-c3ccccc3)coc2c1.F. The smallest absolute Gasteiger partial charge is 0.200 e. The Morgan fingerprint density at radius 1 is 1.05 bits per heavy atom. The summed E-state index contributed by atoms with van der Waals surface area (Å²) in [5, 5.41) is 0.562. The Morgan fingerprint density at radius 3 is 2.45 bits per heavy atom. The summed E-state index contributed by atoms with van der Waals surface area (Å²) in [4.78, 5) is 12.6. The Labute approximate surface area is 127 Å². The third-order valence-corrected chi connectivity index (χ3v) is 3.20. The van der Waals surface area contributed by atoms with E-state index < -0.39 is 0 Å². The van der Waals surface area contributed by atoms with E-state index >= 15 is 0 Å². The molecule has 1 heterocycles. The molecule has 3 aromatic rings. The predicted octanol–water partition coefficient (Wildman–Crippen LogP) is 4.40. The standard InChI is InChI=1S/C18H16O3.FH/c1-12(2)21-14-8-9-15-17(10-14)20-11-16(18(15)19)13-6-4-3-5-7-13;/h3-12H,1-2H3;1H. The molecule has 0 bridgehead atoms. The maximum Gasteiger partial charge on any atom is 0.200 e. The predicted molar refractivity (Wildman–Crippen MR) is 86.2 cm³/mol. The highest BCUT2D eigenvalue weighted by molar-refractivity contribution is 5.82. The van der Waals surface area contributed by atoms with E-state index in [-0.39, 0.29) is 16.2 Å². The van der Waals surface area contributed by atoms with Gasteiger partial charge in [-0.05, 0) is 31.5 Å². The highest BCUT2D eigenvalue weighted by Crippen LogP contribution is 2.23. The summed E-state index contributed by atoms with van der Waals surface area (Å²) in [6.07, 6.45) is 1.59. The molecule has 0 amide bonds. The highest BCUT2D eigenvalue weighted by atomic mass is 19.0. The minimum absolute atomic E-state index is 0. The van der Waals surface area contributed by atoms with Crippen LogP contribution in [0, 0.1) is 0 Å². The van der Waals surface area contributed by atoms with E-state index in [1.165, 1.54) is 6.26 Å². The topological polar surface area (TPSA) is 39.4 Å². The van der Waals surface area contributed by atoms with E-state index in [2.05, 4.69) is 0 Å². The van der Waals surface area contributed by atoms with Gasteiger partial charge in [0.15, 0.2) is 5.43 Å². The van der Waals surface area contributed by atoms with E-state index in [9.17, 15) is 4.79 Å². The number of rotatable bonds is 3. The van der Waals surface area contributed by atoms with Crippen molar-refractivity contribution in [1.29, 1.82) is 0 Å². The molecule has 3 rings (SSSR count). The summed E-state index contributed by atoms with van der Waals surface area (Å²) in [6.45, 7) is 3.91. The van der Waals surface area contributed by atoms with Crippen LogP contribution in [0.1, 0.15) is 13.8 Å². The van der Waals surface area contributed by atoms with Crippen molar-refractivity contribution in [1.82, 2.24) is 0 Å². The molecule has 114 valence electrons. The van der Waals surface area contributed by atoms with Gasteiger partial charge in [0, 0.05) is 6.07 Å². The van der Waals surface area contributed by atoms with Crippen molar-refractivity contribution >= 4 is 11.0 Å². The fourth-order valence-corrected chi connectivity index (χ4v) is 2.27. The summed E-state index contributed by atoms with van der Waals surface area (Å²) in [5.41, 5.74) is 1.94. The molecule has 0 saturated heterocycles. The Hall–Kier alpha value is -2.62. The van der Waals surface area contributed by atoms with Crippen LogP contribution < -0.4 is 10.2 Å². The minimum atomic E-state index is -0.0291. The average Bonchev–Trinajstić information content (AvgIpc) is 2.48. The average molecular weight is 300 g/mol. The van der Waals surface area contributed by atoms with Gasteiger partial charge in [0.1, 0.15) is 17.6 Å². The lowest BCUT2D eigenvalue weighted by molar-refractivity contribution is 0.242. The van der Waals surface area contributed by atoms with Crippen molar-refractivity contribution in [3.8, 4) is 16.9 Å². The molecule has 0 aliphatic rings. The van der Waals surface area contributed by atoms with Crippen molar-refractivity contribution in [2.45, 2.75) is 20.0 Å². The second kappa shape index (κ2) is 6.43. The highest BCUT2D eigenvalue weighted by Gasteiger charge is 2.10. The molecule has 0 unspecified atom stereocenters. The normalized spacial score (nSPS) is 10.5. The number of benzene rings is 2. The van der Waals surface area contributed by atoms with Gasteiger partial charge in [-0.15, -0.1) is 0 Å². The first-order valence-electron chi connectivity index (χ1n) is 6.93. The van der Waals surface area contributed by atoms with Gasteiger partial charge in [0.25, 0.3) is 0 Å². The van der Waals surface area contributed by atoms with Crippen LogP contribution in [0.5, 0.6) is 5.75 Å². The summed E-state index contributed by atoms with van der Waals surface area (Å²) in [7, 11) is 0. The van der Waals surface area contributed by atoms with Crippen molar-refractivity contribution in [3.63, 3.8) is 0 Å². The quantitative estimate of drug-likeness (QED) is 0.719. The van der Waals surface area contributed by atoms with Crippen LogP contribution in [0.3, 0.4) is 0 Å². The van der Waals surface area contributed by atoms with Crippen LogP contribution >= 0.6 is 0 Å². The van der Waals surface area contributed by atoms with Crippen LogP contribution in [0.15, 0.2) is 64.0 Å². The molecule has 1 aromatic heterocycles. The number of ether oxygens (including phenoxy) is 1. The fourth-order valence-electron chi connectivity index (χ4n) is 2.27. The first-order valence-corrected chi connectivity index (χ1v) is 6.93. The van der Waals surface area contributed by atoms with E-state index in [4.69, 9.17) is 9.15 Å². The molecule has 0 N–H and O–H groups in total. The second-order valence-electron chi connectivity index (χ2n) is 5.17. The molecule has 0 atom stereocenters. The fraction of sp³-hybridized carbons (Fsp3) is 0.167. The molecular weight excluding hydrogens is 283 g/mol.